The summed E-state index contributed by atoms with van der Waals surface area (Å²) in [5, 5.41) is 6.15. The van der Waals surface area contributed by atoms with Gasteiger partial charge in [0.1, 0.15) is 5.69 Å². The quantitative estimate of drug-likeness (QED) is 0.721. The number of benzene rings is 1. The Labute approximate surface area is 150 Å². The van der Waals surface area contributed by atoms with Crippen LogP contribution >= 0.6 is 0 Å². The zero-order valence-electron chi connectivity index (χ0n) is 15.6. The molecule has 5 heteroatoms. The predicted molar refractivity (Wildman–Crippen MR) is 103 cm³/mol. The van der Waals surface area contributed by atoms with E-state index in [1.54, 1.807) is 12.3 Å². The maximum absolute atomic E-state index is 12.6. The lowest BCUT2D eigenvalue weighted by Gasteiger charge is -2.22. The molecule has 134 valence electrons. The second kappa shape index (κ2) is 8.60. The number of aromatic nitrogens is 2. The zero-order valence-corrected chi connectivity index (χ0v) is 15.6. The van der Waals surface area contributed by atoms with E-state index < -0.39 is 0 Å². The molecule has 0 aliphatic carbocycles. The van der Waals surface area contributed by atoms with Crippen LogP contribution in [0.2, 0.25) is 0 Å². The van der Waals surface area contributed by atoms with Crippen molar-refractivity contribution in [1.29, 1.82) is 0 Å². The third-order valence-corrected chi connectivity index (χ3v) is 3.93. The van der Waals surface area contributed by atoms with Gasteiger partial charge in [-0.1, -0.05) is 58.7 Å². The summed E-state index contributed by atoms with van der Waals surface area (Å²) >= 11 is 0. The van der Waals surface area contributed by atoms with E-state index in [2.05, 4.69) is 48.3 Å². The van der Waals surface area contributed by atoms with E-state index in [9.17, 15) is 4.79 Å². The average molecular weight is 340 g/mol. The Kier molecular flexibility index (Phi) is 6.51. The Balaban J connectivity index is 2.09. The first-order valence-corrected chi connectivity index (χ1v) is 8.89. The molecule has 1 aromatic carbocycles. The van der Waals surface area contributed by atoms with Crippen LogP contribution in [0.5, 0.6) is 0 Å². The van der Waals surface area contributed by atoms with Gasteiger partial charge < -0.3 is 10.6 Å². The van der Waals surface area contributed by atoms with Crippen molar-refractivity contribution in [3.05, 3.63) is 47.8 Å². The molecule has 1 aromatic heterocycles. The number of nitrogens with one attached hydrogen (secondary N) is 2. The van der Waals surface area contributed by atoms with E-state index in [-0.39, 0.29) is 11.3 Å². The van der Waals surface area contributed by atoms with Crippen molar-refractivity contribution in [2.24, 2.45) is 0 Å². The molecule has 0 saturated carbocycles. The number of hydrogen-bond acceptors (Lipinski definition) is 4. The van der Waals surface area contributed by atoms with Crippen LogP contribution in [0.3, 0.4) is 0 Å². The van der Waals surface area contributed by atoms with E-state index in [4.69, 9.17) is 0 Å². The number of carbonyl (C=O) groups is 1. The molecule has 2 aromatic rings. The van der Waals surface area contributed by atoms with Crippen LogP contribution in [0, 0.1) is 0 Å². The van der Waals surface area contributed by atoms with Crippen molar-refractivity contribution in [2.45, 2.75) is 52.4 Å². The Bertz CT molecular complexity index is 707. The Morgan fingerprint density at radius 2 is 1.88 bits per heavy atom. The first-order chi connectivity index (χ1) is 11.9. The highest BCUT2D eigenvalue weighted by atomic mass is 16.1. The summed E-state index contributed by atoms with van der Waals surface area (Å²) in [4.78, 5) is 21.1. The van der Waals surface area contributed by atoms with Crippen molar-refractivity contribution >= 4 is 17.5 Å². The maximum Gasteiger partial charge on any atom is 0.274 e. The lowest BCUT2D eigenvalue weighted by Crippen LogP contribution is -2.20. The van der Waals surface area contributed by atoms with Crippen LogP contribution in [-0.2, 0) is 5.41 Å². The number of hydrogen-bond donors (Lipinski definition) is 2. The highest BCUT2D eigenvalue weighted by Crippen LogP contribution is 2.29. The van der Waals surface area contributed by atoms with E-state index >= 15 is 0 Å². The monoisotopic (exact) mass is 340 g/mol. The third kappa shape index (κ3) is 5.55. The van der Waals surface area contributed by atoms with Gasteiger partial charge in [0.2, 0.25) is 5.95 Å². The smallest absolute Gasteiger partial charge is 0.274 e. The zero-order chi connectivity index (χ0) is 18.3. The predicted octanol–water partition coefficient (Wildman–Crippen LogP) is 4.63. The first kappa shape index (κ1) is 18.9. The number of para-hydroxylation sites is 1. The van der Waals surface area contributed by atoms with Gasteiger partial charge in [-0.2, -0.15) is 0 Å². The molecule has 1 heterocycles. The molecule has 1 amide bonds. The van der Waals surface area contributed by atoms with Crippen molar-refractivity contribution in [1.82, 2.24) is 9.97 Å². The highest BCUT2D eigenvalue weighted by Gasteiger charge is 2.19. The lowest BCUT2D eigenvalue weighted by molar-refractivity contribution is 0.102. The molecule has 0 aliphatic rings. The molecule has 5 nitrogen and oxygen atoms in total. The number of nitrogens with zero attached hydrogens (tertiary/aromatic N) is 2. The van der Waals surface area contributed by atoms with E-state index in [1.807, 2.05) is 24.3 Å². The largest absolute Gasteiger partial charge is 0.354 e. The van der Waals surface area contributed by atoms with Gasteiger partial charge in [0.15, 0.2) is 0 Å². The van der Waals surface area contributed by atoms with E-state index in [0.717, 1.165) is 37.1 Å². The van der Waals surface area contributed by atoms with E-state index in [0.29, 0.717) is 11.6 Å². The molecule has 0 radical (unpaired) electrons. The van der Waals surface area contributed by atoms with Crippen molar-refractivity contribution < 1.29 is 4.79 Å². The Hall–Kier alpha value is -2.43. The summed E-state index contributed by atoms with van der Waals surface area (Å²) < 4.78 is 0. The standard InChI is InChI=1S/C20H28N4O/c1-5-6-9-13-21-19-22-14-12-17(24-19)18(25)23-16-11-8-7-10-15(16)20(2,3)4/h7-8,10-12,14H,5-6,9,13H2,1-4H3,(H,23,25)(H,21,22,24). The summed E-state index contributed by atoms with van der Waals surface area (Å²) in [6.45, 7) is 9.35. The number of amides is 1. The molecule has 0 fully saturated rings. The van der Waals surface area contributed by atoms with Crippen LogP contribution in [0.1, 0.15) is 63.0 Å². The molecular formula is C20H28N4O. The molecule has 25 heavy (non-hydrogen) atoms. The van der Waals surface area contributed by atoms with Crippen LogP contribution in [0.25, 0.3) is 0 Å². The minimum atomic E-state index is -0.226. The second-order valence-electron chi connectivity index (χ2n) is 7.15. The van der Waals surface area contributed by atoms with Gasteiger partial charge in [-0.05, 0) is 29.5 Å². The minimum absolute atomic E-state index is 0.0540. The second-order valence-corrected chi connectivity index (χ2v) is 7.15. The topological polar surface area (TPSA) is 66.9 Å². The van der Waals surface area contributed by atoms with Gasteiger partial charge >= 0.3 is 0 Å². The lowest BCUT2D eigenvalue weighted by atomic mass is 9.86. The maximum atomic E-state index is 12.6. The van der Waals surface area contributed by atoms with Gasteiger partial charge in [-0.15, -0.1) is 0 Å². The minimum Gasteiger partial charge on any atom is -0.354 e. The molecule has 0 atom stereocenters. The van der Waals surface area contributed by atoms with Crippen molar-refractivity contribution in [3.8, 4) is 0 Å². The summed E-state index contributed by atoms with van der Waals surface area (Å²) in [7, 11) is 0. The number of rotatable bonds is 7. The summed E-state index contributed by atoms with van der Waals surface area (Å²) in [6, 6.07) is 9.50. The fourth-order valence-corrected chi connectivity index (χ4v) is 2.58. The summed E-state index contributed by atoms with van der Waals surface area (Å²) in [5.41, 5.74) is 2.21. The van der Waals surface area contributed by atoms with Gasteiger partial charge in [-0.25, -0.2) is 9.97 Å². The van der Waals surface area contributed by atoms with Crippen molar-refractivity contribution in [3.63, 3.8) is 0 Å². The third-order valence-electron chi connectivity index (χ3n) is 3.93. The first-order valence-electron chi connectivity index (χ1n) is 8.89. The van der Waals surface area contributed by atoms with Gasteiger partial charge in [0, 0.05) is 18.4 Å². The van der Waals surface area contributed by atoms with Crippen LogP contribution in [0.4, 0.5) is 11.6 Å². The molecule has 0 aliphatic heterocycles. The average Bonchev–Trinajstić information content (AvgIpc) is 2.58. The summed E-state index contributed by atoms with van der Waals surface area (Å²) in [6.07, 6.45) is 5.00. The summed E-state index contributed by atoms with van der Waals surface area (Å²) in [5.74, 6) is 0.267. The fourth-order valence-electron chi connectivity index (χ4n) is 2.58. The number of unbranched alkanes of at least 4 members (excludes halogenated alkanes) is 2. The molecule has 0 spiro atoms. The van der Waals surface area contributed by atoms with Crippen LogP contribution in [0.15, 0.2) is 36.5 Å². The molecular weight excluding hydrogens is 312 g/mol. The van der Waals surface area contributed by atoms with Gasteiger partial charge in [0.25, 0.3) is 5.91 Å². The molecule has 0 bridgehead atoms. The molecule has 2 rings (SSSR count). The molecule has 0 saturated heterocycles. The van der Waals surface area contributed by atoms with Gasteiger partial charge in [-0.3, -0.25) is 4.79 Å². The molecule has 2 N–H and O–H groups in total. The van der Waals surface area contributed by atoms with Crippen molar-refractivity contribution in [2.75, 3.05) is 17.2 Å². The van der Waals surface area contributed by atoms with Gasteiger partial charge in [0.05, 0.1) is 0 Å². The molecule has 0 unspecified atom stereocenters. The number of carbonyl (C=O) groups excluding carboxylic acids is 1. The van der Waals surface area contributed by atoms with E-state index in [1.165, 1.54) is 0 Å². The van der Waals surface area contributed by atoms with Crippen LogP contribution in [-0.4, -0.2) is 22.4 Å². The Morgan fingerprint density at radius 1 is 1.12 bits per heavy atom. The highest BCUT2D eigenvalue weighted by molar-refractivity contribution is 6.03. The number of anilines is 2. The Morgan fingerprint density at radius 3 is 2.60 bits per heavy atom. The fraction of sp³-hybridized carbons (Fsp3) is 0.450. The SMILES string of the molecule is CCCCCNc1nccc(C(=O)Nc2ccccc2C(C)(C)C)n1. The van der Waals surface area contributed by atoms with Crippen LogP contribution < -0.4 is 10.6 Å². The normalized spacial score (nSPS) is 11.2.